The fourth-order valence-corrected chi connectivity index (χ4v) is 1.28. The lowest BCUT2D eigenvalue weighted by Crippen LogP contribution is -2.13. The van der Waals surface area contributed by atoms with E-state index < -0.39 is 6.16 Å². The summed E-state index contributed by atoms with van der Waals surface area (Å²) in [5.41, 5.74) is 0. The minimum absolute atomic E-state index is 0.0691. The van der Waals surface area contributed by atoms with Crippen molar-refractivity contribution in [2.75, 3.05) is 13.2 Å². The highest BCUT2D eigenvalue weighted by Gasteiger charge is 2.07. The number of carbonyl (C=O) groups is 2. The molecule has 0 fully saturated rings. The van der Waals surface area contributed by atoms with Crippen LogP contribution in [-0.4, -0.2) is 31.4 Å². The molecule has 0 saturated carbocycles. The predicted octanol–water partition coefficient (Wildman–Crippen LogP) is 3.31. The molecule has 0 bridgehead atoms. The Kier molecular flexibility index (Phi) is 9.94. The molecule has 0 unspecified atom stereocenters. The minimum Gasteiger partial charge on any atom is -0.465 e. The van der Waals surface area contributed by atoms with Crippen LogP contribution in [0.5, 0.6) is 0 Å². The summed E-state index contributed by atoms with van der Waals surface area (Å²) < 4.78 is 14.8. The van der Waals surface area contributed by atoms with Crippen LogP contribution in [-0.2, 0) is 19.0 Å². The van der Waals surface area contributed by atoms with Crippen LogP contribution < -0.4 is 0 Å². The molecule has 0 aromatic carbocycles. The zero-order chi connectivity index (χ0) is 14.7. The van der Waals surface area contributed by atoms with Crippen molar-refractivity contribution in [2.45, 2.75) is 59.5 Å². The van der Waals surface area contributed by atoms with Gasteiger partial charge in [-0.05, 0) is 39.5 Å². The molecular formula is C14H26O5. The summed E-state index contributed by atoms with van der Waals surface area (Å²) in [6.07, 6.45) is 2.77. The highest BCUT2D eigenvalue weighted by Crippen LogP contribution is 2.03. The summed E-state index contributed by atoms with van der Waals surface area (Å²) in [7, 11) is 0. The molecule has 0 aromatic heterocycles. The Bertz CT molecular complexity index is 261. The van der Waals surface area contributed by atoms with Gasteiger partial charge in [-0.3, -0.25) is 4.79 Å². The van der Waals surface area contributed by atoms with E-state index in [1.807, 2.05) is 13.8 Å². The Labute approximate surface area is 115 Å². The summed E-state index contributed by atoms with van der Waals surface area (Å²) >= 11 is 0. The van der Waals surface area contributed by atoms with E-state index in [2.05, 4.69) is 0 Å². The van der Waals surface area contributed by atoms with Crippen LogP contribution in [0.2, 0.25) is 0 Å². The molecule has 0 heterocycles. The van der Waals surface area contributed by atoms with Crippen molar-refractivity contribution >= 4 is 12.1 Å². The third-order valence-corrected chi connectivity index (χ3v) is 2.31. The van der Waals surface area contributed by atoms with Crippen LogP contribution in [0, 0.1) is 5.92 Å². The fourth-order valence-electron chi connectivity index (χ4n) is 1.28. The van der Waals surface area contributed by atoms with Crippen molar-refractivity contribution in [3.63, 3.8) is 0 Å². The second-order valence-electron chi connectivity index (χ2n) is 5.00. The lowest BCUT2D eigenvalue weighted by Gasteiger charge is -2.08. The molecule has 0 spiro atoms. The lowest BCUT2D eigenvalue weighted by molar-refractivity contribution is -0.147. The molecule has 112 valence electrons. The summed E-state index contributed by atoms with van der Waals surface area (Å²) in [5.74, 6) is -0.222. The van der Waals surface area contributed by atoms with Gasteiger partial charge in [0.05, 0.1) is 25.2 Å². The Hall–Kier alpha value is -1.26. The average Bonchev–Trinajstić information content (AvgIpc) is 2.31. The van der Waals surface area contributed by atoms with Gasteiger partial charge in [0, 0.05) is 0 Å². The van der Waals surface area contributed by atoms with E-state index in [0.29, 0.717) is 13.2 Å². The third kappa shape index (κ3) is 11.6. The monoisotopic (exact) mass is 274 g/mol. The third-order valence-electron chi connectivity index (χ3n) is 2.31. The van der Waals surface area contributed by atoms with Gasteiger partial charge < -0.3 is 14.2 Å². The Morgan fingerprint density at radius 3 is 1.84 bits per heavy atom. The molecule has 5 heteroatoms. The lowest BCUT2D eigenvalue weighted by atomic mass is 10.2. The smallest absolute Gasteiger partial charge is 0.465 e. The van der Waals surface area contributed by atoms with Crippen molar-refractivity contribution in [2.24, 2.45) is 5.92 Å². The van der Waals surface area contributed by atoms with Gasteiger partial charge in [-0.2, -0.15) is 0 Å². The van der Waals surface area contributed by atoms with Crippen molar-refractivity contribution in [1.82, 2.24) is 0 Å². The number of hydrogen-bond donors (Lipinski definition) is 0. The zero-order valence-electron chi connectivity index (χ0n) is 12.4. The number of ether oxygens (including phenoxy) is 3. The highest BCUT2D eigenvalue weighted by atomic mass is 16.7. The normalized spacial score (nSPS) is 10.6. The summed E-state index contributed by atoms with van der Waals surface area (Å²) in [6, 6.07) is 0. The van der Waals surface area contributed by atoms with Gasteiger partial charge in [-0.15, -0.1) is 0 Å². The van der Waals surface area contributed by atoms with Crippen molar-refractivity contribution in [1.29, 1.82) is 0 Å². The highest BCUT2D eigenvalue weighted by molar-refractivity contribution is 5.71. The zero-order valence-corrected chi connectivity index (χ0v) is 12.4. The first-order chi connectivity index (χ1) is 8.93. The molecule has 0 rings (SSSR count). The minimum atomic E-state index is -0.610. The molecule has 5 nitrogen and oxygen atoms in total. The van der Waals surface area contributed by atoms with E-state index in [1.54, 1.807) is 13.8 Å². The van der Waals surface area contributed by atoms with Gasteiger partial charge >= 0.3 is 12.1 Å². The SMILES string of the molecule is CC(C)OC(=O)OCCCCCCOC(=O)C(C)C. The van der Waals surface area contributed by atoms with Gasteiger partial charge in [-0.1, -0.05) is 13.8 Å². The molecule has 0 aliphatic heterocycles. The number of hydrogen-bond acceptors (Lipinski definition) is 5. The maximum atomic E-state index is 11.1. The standard InChI is InChI=1S/C14H26O5/c1-11(2)13(15)17-9-7-5-6-8-10-18-14(16)19-12(3)4/h11-12H,5-10H2,1-4H3. The molecule has 0 aliphatic carbocycles. The fraction of sp³-hybridized carbons (Fsp3) is 0.857. The maximum absolute atomic E-state index is 11.1. The van der Waals surface area contributed by atoms with E-state index in [0.717, 1.165) is 25.7 Å². The Balaban J connectivity index is 3.28. The second kappa shape index (κ2) is 10.6. The second-order valence-corrected chi connectivity index (χ2v) is 5.00. The van der Waals surface area contributed by atoms with Crippen LogP contribution >= 0.6 is 0 Å². The van der Waals surface area contributed by atoms with Crippen LogP contribution in [0.15, 0.2) is 0 Å². The van der Waals surface area contributed by atoms with Gasteiger partial charge in [0.15, 0.2) is 0 Å². The Morgan fingerprint density at radius 1 is 0.842 bits per heavy atom. The Morgan fingerprint density at radius 2 is 1.37 bits per heavy atom. The van der Waals surface area contributed by atoms with Gasteiger partial charge in [0.2, 0.25) is 0 Å². The molecular weight excluding hydrogens is 248 g/mol. The molecule has 0 aliphatic rings. The van der Waals surface area contributed by atoms with Crippen LogP contribution in [0.4, 0.5) is 4.79 Å². The van der Waals surface area contributed by atoms with Gasteiger partial charge in [0.25, 0.3) is 0 Å². The molecule has 0 amide bonds. The molecule has 0 atom stereocenters. The molecule has 0 N–H and O–H groups in total. The first-order valence-corrected chi connectivity index (χ1v) is 6.93. The molecule has 19 heavy (non-hydrogen) atoms. The summed E-state index contributed by atoms with van der Waals surface area (Å²) in [5, 5.41) is 0. The van der Waals surface area contributed by atoms with E-state index >= 15 is 0 Å². The number of carbonyl (C=O) groups excluding carboxylic acids is 2. The van der Waals surface area contributed by atoms with Crippen LogP contribution in [0.1, 0.15) is 53.4 Å². The molecule has 0 aromatic rings. The summed E-state index contributed by atoms with van der Waals surface area (Å²) in [6.45, 7) is 8.02. The quantitative estimate of drug-likeness (QED) is 0.477. The number of rotatable bonds is 9. The van der Waals surface area contributed by atoms with Crippen LogP contribution in [0.3, 0.4) is 0 Å². The van der Waals surface area contributed by atoms with Crippen molar-refractivity contribution in [3.8, 4) is 0 Å². The van der Waals surface area contributed by atoms with Crippen molar-refractivity contribution < 1.29 is 23.8 Å². The first kappa shape index (κ1) is 17.7. The van der Waals surface area contributed by atoms with Gasteiger partial charge in [-0.25, -0.2) is 4.79 Å². The van der Waals surface area contributed by atoms with Crippen molar-refractivity contribution in [3.05, 3.63) is 0 Å². The van der Waals surface area contributed by atoms with E-state index in [1.165, 1.54) is 0 Å². The first-order valence-electron chi connectivity index (χ1n) is 6.93. The summed E-state index contributed by atoms with van der Waals surface area (Å²) in [4.78, 5) is 22.2. The number of unbranched alkanes of at least 4 members (excludes halogenated alkanes) is 3. The largest absolute Gasteiger partial charge is 0.508 e. The molecule has 0 saturated heterocycles. The topological polar surface area (TPSA) is 61.8 Å². The van der Waals surface area contributed by atoms with Gasteiger partial charge in [0.1, 0.15) is 0 Å². The number of esters is 1. The predicted molar refractivity (Wildman–Crippen MR) is 71.8 cm³/mol. The van der Waals surface area contributed by atoms with Crippen LogP contribution in [0.25, 0.3) is 0 Å². The van der Waals surface area contributed by atoms with E-state index in [-0.39, 0.29) is 18.0 Å². The maximum Gasteiger partial charge on any atom is 0.508 e. The average molecular weight is 274 g/mol. The van der Waals surface area contributed by atoms with E-state index in [9.17, 15) is 9.59 Å². The molecule has 0 radical (unpaired) electrons. The van der Waals surface area contributed by atoms with E-state index in [4.69, 9.17) is 14.2 Å².